The van der Waals surface area contributed by atoms with Crippen LogP contribution < -0.4 is 15.1 Å². The van der Waals surface area contributed by atoms with Crippen molar-refractivity contribution in [3.8, 4) is 11.5 Å². The number of nitrogens with zero attached hydrogens (tertiary/aromatic N) is 2. The predicted molar refractivity (Wildman–Crippen MR) is 95.1 cm³/mol. The van der Waals surface area contributed by atoms with Gasteiger partial charge in [-0.2, -0.15) is 9.44 Å². The monoisotopic (exact) mass is 363 g/mol. The number of nitrogens with one attached hydrogen (secondary N) is 1. The van der Waals surface area contributed by atoms with Gasteiger partial charge in [-0.3, -0.25) is 4.84 Å². The van der Waals surface area contributed by atoms with Crippen molar-refractivity contribution in [3.05, 3.63) is 47.6 Å². The molecule has 0 saturated carbocycles. The number of hydroxylamine groups is 1. The number of amides is 2. The van der Waals surface area contributed by atoms with E-state index in [1.54, 1.807) is 24.4 Å². The van der Waals surface area contributed by atoms with Crippen LogP contribution in [0.1, 0.15) is 0 Å². The number of carbonyl (C=O) groups is 1. The van der Waals surface area contributed by atoms with E-state index < -0.39 is 6.03 Å². The summed E-state index contributed by atoms with van der Waals surface area (Å²) in [7, 11) is 2.92. The smallest absolute Gasteiger partial charge is 0.345 e. The Morgan fingerprint density at radius 2 is 2.12 bits per heavy atom. The molecule has 0 saturated heterocycles. The van der Waals surface area contributed by atoms with Gasteiger partial charge in [-0.25, -0.2) is 4.79 Å². The Morgan fingerprint density at radius 1 is 1.29 bits per heavy atom. The molecule has 0 aliphatic rings. The molecule has 1 N–H and O–H groups in total. The Bertz CT molecular complexity index is 884. The van der Waals surface area contributed by atoms with Crippen molar-refractivity contribution in [1.29, 1.82) is 0 Å². The largest absolute Gasteiger partial charge is 0.456 e. The highest BCUT2D eigenvalue weighted by molar-refractivity contribution is 7.13. The van der Waals surface area contributed by atoms with Crippen LogP contribution in [0.3, 0.4) is 0 Å². The van der Waals surface area contributed by atoms with Gasteiger partial charge in [0.2, 0.25) is 0 Å². The molecule has 24 heavy (non-hydrogen) atoms. The van der Waals surface area contributed by atoms with E-state index in [-0.39, 0.29) is 0 Å². The number of benzene rings is 2. The number of anilines is 1. The van der Waals surface area contributed by atoms with E-state index in [0.717, 1.165) is 15.1 Å². The lowest BCUT2D eigenvalue weighted by Crippen LogP contribution is -2.37. The van der Waals surface area contributed by atoms with E-state index in [0.29, 0.717) is 22.2 Å². The molecular formula is C16H14ClN3O3S. The molecule has 2 amide bonds. The van der Waals surface area contributed by atoms with Gasteiger partial charge in [0, 0.05) is 18.6 Å². The van der Waals surface area contributed by atoms with Gasteiger partial charge in [-0.15, -0.1) is 0 Å². The van der Waals surface area contributed by atoms with Crippen LogP contribution in [0.2, 0.25) is 5.02 Å². The van der Waals surface area contributed by atoms with Crippen molar-refractivity contribution < 1.29 is 14.4 Å². The molecular weight excluding hydrogens is 350 g/mol. The third kappa shape index (κ3) is 3.28. The molecule has 0 unspecified atom stereocenters. The summed E-state index contributed by atoms with van der Waals surface area (Å²) < 4.78 is 11.0. The van der Waals surface area contributed by atoms with Crippen LogP contribution >= 0.6 is 23.1 Å². The fourth-order valence-electron chi connectivity index (χ4n) is 2.15. The van der Waals surface area contributed by atoms with Crippen LogP contribution in [0.4, 0.5) is 10.5 Å². The summed E-state index contributed by atoms with van der Waals surface area (Å²) in [6, 6.07) is 10.3. The second kappa shape index (κ2) is 7.04. The first-order valence-corrected chi connectivity index (χ1v) is 8.15. The first-order chi connectivity index (χ1) is 11.6. The predicted octanol–water partition coefficient (Wildman–Crippen LogP) is 4.45. The van der Waals surface area contributed by atoms with E-state index in [9.17, 15) is 4.79 Å². The average molecular weight is 364 g/mol. The number of hydrogen-bond acceptors (Lipinski definition) is 5. The molecule has 8 heteroatoms. The lowest BCUT2D eigenvalue weighted by Gasteiger charge is -2.19. The Kier molecular flexibility index (Phi) is 4.84. The van der Waals surface area contributed by atoms with Crippen LogP contribution in [0.5, 0.6) is 11.5 Å². The zero-order chi connectivity index (χ0) is 17.1. The zero-order valence-electron chi connectivity index (χ0n) is 12.9. The summed E-state index contributed by atoms with van der Waals surface area (Å²) in [5.74, 6) is 1.14. The molecule has 0 aliphatic heterocycles. The number of ether oxygens (including phenoxy) is 1. The van der Waals surface area contributed by atoms with Crippen LogP contribution in [0.25, 0.3) is 10.1 Å². The molecule has 3 aromatic rings. The molecule has 0 bridgehead atoms. The first kappa shape index (κ1) is 16.5. The molecule has 6 nitrogen and oxygen atoms in total. The van der Waals surface area contributed by atoms with Crippen LogP contribution in [0.15, 0.2) is 42.6 Å². The number of hydrogen-bond donors (Lipinski definition) is 1. The van der Waals surface area contributed by atoms with E-state index in [4.69, 9.17) is 21.2 Å². The van der Waals surface area contributed by atoms with Crippen molar-refractivity contribution in [1.82, 2.24) is 9.69 Å². The summed E-state index contributed by atoms with van der Waals surface area (Å²) in [6.45, 7) is 0. The second-order valence-corrected chi connectivity index (χ2v) is 6.01. The molecule has 1 heterocycles. The maximum Gasteiger partial charge on any atom is 0.345 e. The van der Waals surface area contributed by atoms with Crippen molar-refractivity contribution in [3.63, 3.8) is 0 Å². The molecule has 3 rings (SSSR count). The van der Waals surface area contributed by atoms with Crippen molar-refractivity contribution in [2.45, 2.75) is 0 Å². The maximum atomic E-state index is 11.7. The van der Waals surface area contributed by atoms with Crippen molar-refractivity contribution in [2.75, 3.05) is 19.2 Å². The highest BCUT2D eigenvalue weighted by Crippen LogP contribution is 2.34. The number of rotatable bonds is 4. The van der Waals surface area contributed by atoms with Gasteiger partial charge in [0.05, 0.1) is 22.5 Å². The minimum absolute atomic E-state index is 0.363. The summed E-state index contributed by atoms with van der Waals surface area (Å²) in [5.41, 5.74) is 0.492. The first-order valence-electron chi connectivity index (χ1n) is 7.00. The minimum Gasteiger partial charge on any atom is -0.456 e. The summed E-state index contributed by atoms with van der Waals surface area (Å²) in [6.07, 6.45) is 1.79. The number of fused-ring (bicyclic) bond motifs is 1. The third-order valence-corrected chi connectivity index (χ3v) is 4.36. The highest BCUT2D eigenvalue weighted by Gasteiger charge is 2.16. The Hall–Kier alpha value is -2.35. The summed E-state index contributed by atoms with van der Waals surface area (Å²) >= 11 is 7.71. The lowest BCUT2D eigenvalue weighted by atomic mass is 10.2. The Labute approximate surface area is 147 Å². The van der Waals surface area contributed by atoms with E-state index in [1.165, 1.54) is 25.7 Å². The number of urea groups is 1. The van der Waals surface area contributed by atoms with Gasteiger partial charge in [0.15, 0.2) is 0 Å². The van der Waals surface area contributed by atoms with Gasteiger partial charge in [0.25, 0.3) is 0 Å². The van der Waals surface area contributed by atoms with Gasteiger partial charge < -0.3 is 10.1 Å². The molecule has 1 aromatic heterocycles. The quantitative estimate of drug-likeness (QED) is 0.695. The van der Waals surface area contributed by atoms with Crippen molar-refractivity contribution in [2.24, 2.45) is 0 Å². The number of carbonyl (C=O) groups excluding carboxylic acids is 1. The standard InChI is InChI=1S/C16H14ClN3O3S/c1-18-16(21)20(22-2)11-3-5-14(13(17)8-11)23-12-4-6-15-10(7-12)9-19-24-15/h3-9H,1-2H3,(H,18,21). The Morgan fingerprint density at radius 3 is 2.83 bits per heavy atom. The second-order valence-electron chi connectivity index (χ2n) is 4.77. The van der Waals surface area contributed by atoms with E-state index in [2.05, 4.69) is 9.69 Å². The molecule has 0 radical (unpaired) electrons. The van der Waals surface area contributed by atoms with Crippen LogP contribution in [-0.2, 0) is 4.84 Å². The minimum atomic E-state index is -0.405. The SMILES string of the molecule is CNC(=O)N(OC)c1ccc(Oc2ccc3sncc3c2)c(Cl)c1. The van der Waals surface area contributed by atoms with Gasteiger partial charge in [0.1, 0.15) is 11.5 Å². The maximum absolute atomic E-state index is 11.7. The molecule has 2 aromatic carbocycles. The normalized spacial score (nSPS) is 10.6. The van der Waals surface area contributed by atoms with Crippen molar-refractivity contribution >= 4 is 44.9 Å². The fourth-order valence-corrected chi connectivity index (χ4v) is 2.99. The average Bonchev–Trinajstić information content (AvgIpc) is 3.05. The summed E-state index contributed by atoms with van der Waals surface area (Å²) in [5, 5.41) is 4.95. The summed E-state index contributed by atoms with van der Waals surface area (Å²) in [4.78, 5) is 16.8. The zero-order valence-corrected chi connectivity index (χ0v) is 14.5. The highest BCUT2D eigenvalue weighted by atomic mass is 35.5. The molecule has 0 atom stereocenters. The van der Waals surface area contributed by atoms with Crippen LogP contribution in [-0.4, -0.2) is 24.6 Å². The fraction of sp³-hybridized carbons (Fsp3) is 0.125. The van der Waals surface area contributed by atoms with Crippen LogP contribution in [0, 0.1) is 0 Å². The van der Waals surface area contributed by atoms with Gasteiger partial charge in [-0.1, -0.05) is 11.6 Å². The molecule has 0 aliphatic carbocycles. The molecule has 124 valence electrons. The number of aromatic nitrogens is 1. The Balaban J connectivity index is 1.85. The lowest BCUT2D eigenvalue weighted by molar-refractivity contribution is 0.164. The molecule has 0 spiro atoms. The topological polar surface area (TPSA) is 63.7 Å². The van der Waals surface area contributed by atoms with E-state index >= 15 is 0 Å². The van der Waals surface area contributed by atoms with Gasteiger partial charge >= 0.3 is 6.03 Å². The molecule has 0 fully saturated rings. The number of halogens is 1. The third-order valence-electron chi connectivity index (χ3n) is 3.28. The van der Waals surface area contributed by atoms with E-state index in [1.807, 2.05) is 18.2 Å². The van der Waals surface area contributed by atoms with Gasteiger partial charge in [-0.05, 0) is 47.9 Å².